The Bertz CT molecular complexity index is 917. The van der Waals surface area contributed by atoms with E-state index < -0.39 is 0 Å². The lowest BCUT2D eigenvalue weighted by atomic mass is 10.1. The van der Waals surface area contributed by atoms with Crippen LogP contribution in [0.1, 0.15) is 63.1 Å². The second-order valence-corrected chi connectivity index (χ2v) is 8.52. The Morgan fingerprint density at radius 2 is 1.84 bits per heavy atom. The number of aromatic nitrogens is 1. The second kappa shape index (κ2) is 13.0. The van der Waals surface area contributed by atoms with Gasteiger partial charge in [0.05, 0.1) is 0 Å². The molecule has 0 saturated carbocycles. The molecule has 0 spiro atoms. The van der Waals surface area contributed by atoms with Gasteiger partial charge in [-0.2, -0.15) is 5.26 Å². The number of aryl methyl sites for hydroxylation is 1. The molecule has 1 N–H and O–H groups in total. The molecule has 1 heterocycles. The van der Waals surface area contributed by atoms with Crippen LogP contribution in [0.2, 0.25) is 0 Å². The zero-order valence-corrected chi connectivity index (χ0v) is 19.7. The van der Waals surface area contributed by atoms with Crippen molar-refractivity contribution < 1.29 is 4.79 Å². The fourth-order valence-electron chi connectivity index (χ4n) is 3.97. The lowest BCUT2D eigenvalue weighted by Gasteiger charge is -2.12. The molecule has 0 bridgehead atoms. The molecule has 0 saturated heterocycles. The van der Waals surface area contributed by atoms with Crippen LogP contribution in [0.4, 0.5) is 0 Å². The number of unbranched alkanes of at least 4 members (excludes halogenated alkanes) is 5. The monoisotopic (exact) mass is 422 g/mol. The summed E-state index contributed by atoms with van der Waals surface area (Å²) in [5.74, 6) is -0.278. The smallest absolute Gasteiger partial charge is 0.261 e. The molecule has 0 radical (unpaired) electrons. The molecule has 1 aromatic carbocycles. The predicted octanol–water partition coefficient (Wildman–Crippen LogP) is 5.29. The van der Waals surface area contributed by atoms with Gasteiger partial charge in [0.15, 0.2) is 0 Å². The average molecular weight is 423 g/mol. The highest BCUT2D eigenvalue weighted by atomic mass is 16.1. The van der Waals surface area contributed by atoms with Crippen LogP contribution < -0.4 is 5.32 Å². The largest absolute Gasteiger partial charge is 0.351 e. The number of para-hydroxylation sites is 1. The summed E-state index contributed by atoms with van der Waals surface area (Å²) < 4.78 is 2.30. The van der Waals surface area contributed by atoms with Crippen LogP contribution in [0.25, 0.3) is 17.0 Å². The molecule has 0 aliphatic rings. The molecule has 0 unspecified atom stereocenters. The van der Waals surface area contributed by atoms with Crippen molar-refractivity contribution in [3.05, 3.63) is 41.1 Å². The third-order valence-corrected chi connectivity index (χ3v) is 5.74. The number of nitrogens with zero attached hydrogens (tertiary/aromatic N) is 3. The molecule has 0 fully saturated rings. The number of nitriles is 1. The van der Waals surface area contributed by atoms with Crippen molar-refractivity contribution in [3.8, 4) is 6.07 Å². The van der Waals surface area contributed by atoms with Crippen LogP contribution in [-0.2, 0) is 11.3 Å². The van der Waals surface area contributed by atoms with Gasteiger partial charge in [0, 0.05) is 35.2 Å². The molecule has 0 atom stereocenters. The van der Waals surface area contributed by atoms with Gasteiger partial charge in [0.1, 0.15) is 11.6 Å². The van der Waals surface area contributed by atoms with Crippen molar-refractivity contribution in [3.63, 3.8) is 0 Å². The van der Waals surface area contributed by atoms with Crippen molar-refractivity contribution in [1.82, 2.24) is 14.8 Å². The first kappa shape index (κ1) is 24.7. The summed E-state index contributed by atoms with van der Waals surface area (Å²) in [6, 6.07) is 10.3. The Labute approximate surface area is 187 Å². The van der Waals surface area contributed by atoms with Gasteiger partial charge in [-0.15, -0.1) is 0 Å². The van der Waals surface area contributed by atoms with Gasteiger partial charge in [0.25, 0.3) is 5.91 Å². The fourth-order valence-corrected chi connectivity index (χ4v) is 3.97. The standard InChI is InChI=1S/C26H38N4O/c1-5-6-7-8-9-12-16-28-26(31)22(20-27)19-24-21(2)30(18-13-17-29(3)4)25-15-11-10-14-23(24)25/h10-11,14-15,19H,5-9,12-13,16-18H2,1-4H3,(H,28,31)/b22-19-. The lowest BCUT2D eigenvalue weighted by molar-refractivity contribution is -0.117. The topological polar surface area (TPSA) is 61.1 Å². The lowest BCUT2D eigenvalue weighted by Crippen LogP contribution is -2.25. The van der Waals surface area contributed by atoms with E-state index >= 15 is 0 Å². The Morgan fingerprint density at radius 3 is 2.55 bits per heavy atom. The maximum absolute atomic E-state index is 12.6. The number of amides is 1. The third kappa shape index (κ3) is 7.25. The maximum Gasteiger partial charge on any atom is 0.261 e. The molecule has 2 rings (SSSR count). The van der Waals surface area contributed by atoms with Crippen LogP contribution in [0, 0.1) is 18.3 Å². The quantitative estimate of drug-likeness (QED) is 0.271. The predicted molar refractivity (Wildman–Crippen MR) is 130 cm³/mol. The van der Waals surface area contributed by atoms with Gasteiger partial charge in [-0.3, -0.25) is 4.79 Å². The molecule has 1 amide bonds. The minimum atomic E-state index is -0.278. The van der Waals surface area contributed by atoms with E-state index in [4.69, 9.17) is 0 Å². The number of fused-ring (bicyclic) bond motifs is 1. The molecule has 5 nitrogen and oxygen atoms in total. The molecule has 1 aromatic heterocycles. The van der Waals surface area contributed by atoms with Crippen molar-refractivity contribution >= 4 is 22.9 Å². The second-order valence-electron chi connectivity index (χ2n) is 8.52. The summed E-state index contributed by atoms with van der Waals surface area (Å²) in [4.78, 5) is 14.8. The van der Waals surface area contributed by atoms with Gasteiger partial charge >= 0.3 is 0 Å². The van der Waals surface area contributed by atoms with Gasteiger partial charge in [0.2, 0.25) is 0 Å². The maximum atomic E-state index is 12.6. The first-order valence-corrected chi connectivity index (χ1v) is 11.6. The van der Waals surface area contributed by atoms with Crippen molar-refractivity contribution in [2.75, 3.05) is 27.2 Å². The van der Waals surface area contributed by atoms with Crippen molar-refractivity contribution in [1.29, 1.82) is 5.26 Å². The Kier molecular flexibility index (Phi) is 10.3. The molecule has 5 heteroatoms. The van der Waals surface area contributed by atoms with E-state index in [0.717, 1.165) is 54.5 Å². The summed E-state index contributed by atoms with van der Waals surface area (Å²) in [5.41, 5.74) is 3.38. The van der Waals surface area contributed by atoms with Crippen LogP contribution in [0.5, 0.6) is 0 Å². The summed E-state index contributed by atoms with van der Waals surface area (Å²) in [7, 11) is 4.16. The van der Waals surface area contributed by atoms with E-state index in [1.807, 2.05) is 12.1 Å². The number of nitrogens with one attached hydrogen (secondary N) is 1. The van der Waals surface area contributed by atoms with E-state index in [1.165, 1.54) is 25.7 Å². The molecule has 0 aliphatic carbocycles. The van der Waals surface area contributed by atoms with Gasteiger partial charge in [-0.05, 0) is 52.5 Å². The fraction of sp³-hybridized carbons (Fsp3) is 0.538. The third-order valence-electron chi connectivity index (χ3n) is 5.74. The molecule has 168 valence electrons. The SMILES string of the molecule is CCCCCCCCNC(=O)/C(C#N)=C\c1c(C)n(CCCN(C)C)c2ccccc12. The van der Waals surface area contributed by atoms with Crippen molar-refractivity contribution in [2.24, 2.45) is 0 Å². The van der Waals surface area contributed by atoms with Crippen LogP contribution in [0.3, 0.4) is 0 Å². The zero-order valence-electron chi connectivity index (χ0n) is 19.7. The van der Waals surface area contributed by atoms with Crippen molar-refractivity contribution in [2.45, 2.75) is 65.3 Å². The highest BCUT2D eigenvalue weighted by Gasteiger charge is 2.15. The highest BCUT2D eigenvalue weighted by molar-refractivity contribution is 6.04. The summed E-state index contributed by atoms with van der Waals surface area (Å²) in [6.45, 7) is 6.82. The Morgan fingerprint density at radius 1 is 1.13 bits per heavy atom. The first-order valence-electron chi connectivity index (χ1n) is 11.6. The van der Waals surface area contributed by atoms with E-state index in [1.54, 1.807) is 6.08 Å². The minimum Gasteiger partial charge on any atom is -0.351 e. The number of carbonyl (C=O) groups is 1. The van der Waals surface area contributed by atoms with E-state index in [0.29, 0.717) is 6.54 Å². The summed E-state index contributed by atoms with van der Waals surface area (Å²) >= 11 is 0. The number of hydrogen-bond donors (Lipinski definition) is 1. The normalized spacial score (nSPS) is 11.8. The Balaban J connectivity index is 2.12. The number of hydrogen-bond acceptors (Lipinski definition) is 3. The first-order chi connectivity index (χ1) is 15.0. The highest BCUT2D eigenvalue weighted by Crippen LogP contribution is 2.28. The van der Waals surface area contributed by atoms with Gasteiger partial charge < -0.3 is 14.8 Å². The van der Waals surface area contributed by atoms with Crippen LogP contribution in [0.15, 0.2) is 29.8 Å². The molecular weight excluding hydrogens is 384 g/mol. The van der Waals surface area contributed by atoms with Gasteiger partial charge in [-0.25, -0.2) is 0 Å². The Hall–Kier alpha value is -2.58. The number of rotatable bonds is 13. The average Bonchev–Trinajstić information content (AvgIpc) is 3.02. The molecule has 2 aromatic rings. The van der Waals surface area contributed by atoms with E-state index in [9.17, 15) is 10.1 Å². The number of benzene rings is 1. The van der Waals surface area contributed by atoms with E-state index in [2.05, 4.69) is 60.9 Å². The van der Waals surface area contributed by atoms with Crippen LogP contribution in [-0.4, -0.2) is 42.6 Å². The minimum absolute atomic E-state index is 0.172. The van der Waals surface area contributed by atoms with E-state index in [-0.39, 0.29) is 11.5 Å². The molecule has 0 aliphatic heterocycles. The van der Waals surface area contributed by atoms with Crippen LogP contribution >= 0.6 is 0 Å². The molecule has 31 heavy (non-hydrogen) atoms. The zero-order chi connectivity index (χ0) is 22.6. The molecular formula is C26H38N4O. The van der Waals surface area contributed by atoms with Gasteiger partial charge in [-0.1, -0.05) is 57.2 Å². The summed E-state index contributed by atoms with van der Waals surface area (Å²) in [5, 5.41) is 13.6. The number of carbonyl (C=O) groups excluding carboxylic acids is 1. The summed E-state index contributed by atoms with van der Waals surface area (Å²) in [6.07, 6.45) is 9.84.